The van der Waals surface area contributed by atoms with Gasteiger partial charge in [0.15, 0.2) is 6.33 Å². The van der Waals surface area contributed by atoms with Crippen LogP contribution in [-0.2, 0) is 6.54 Å². The van der Waals surface area contributed by atoms with Crippen molar-refractivity contribution in [3.63, 3.8) is 0 Å². The summed E-state index contributed by atoms with van der Waals surface area (Å²) in [4.78, 5) is 1.53. The lowest BCUT2D eigenvalue weighted by atomic mass is 10.3. The molecule has 2 aromatic rings. The molecular formula is C10H12FN5. The molecule has 0 spiro atoms. The summed E-state index contributed by atoms with van der Waals surface area (Å²) < 4.78 is 12.6. The lowest BCUT2D eigenvalue weighted by Gasteiger charge is -2.05. The minimum absolute atomic E-state index is 0.225. The SMILES string of the molecule is Fc1ccc(NCCCn2ncnn2)cc1. The summed E-state index contributed by atoms with van der Waals surface area (Å²) >= 11 is 0. The fourth-order valence-corrected chi connectivity index (χ4v) is 1.31. The molecule has 0 fully saturated rings. The Kier molecular flexibility index (Phi) is 3.42. The van der Waals surface area contributed by atoms with Gasteiger partial charge in [-0.05, 0) is 35.9 Å². The zero-order valence-corrected chi connectivity index (χ0v) is 8.67. The van der Waals surface area contributed by atoms with E-state index in [0.29, 0.717) is 6.54 Å². The first-order chi connectivity index (χ1) is 7.84. The number of rotatable bonds is 5. The highest BCUT2D eigenvalue weighted by Gasteiger charge is 1.94. The summed E-state index contributed by atoms with van der Waals surface area (Å²) in [6, 6.07) is 6.29. The van der Waals surface area contributed by atoms with Crippen LogP contribution in [0.3, 0.4) is 0 Å². The first-order valence-electron chi connectivity index (χ1n) is 5.05. The van der Waals surface area contributed by atoms with Crippen LogP contribution in [0.2, 0.25) is 0 Å². The Labute approximate surface area is 92.3 Å². The second-order valence-corrected chi connectivity index (χ2v) is 3.32. The molecule has 84 valence electrons. The molecule has 0 bridgehead atoms. The van der Waals surface area contributed by atoms with Crippen LogP contribution in [0.25, 0.3) is 0 Å². The quantitative estimate of drug-likeness (QED) is 0.773. The van der Waals surface area contributed by atoms with E-state index in [9.17, 15) is 4.39 Å². The van der Waals surface area contributed by atoms with Crippen molar-refractivity contribution in [3.8, 4) is 0 Å². The van der Waals surface area contributed by atoms with Crippen molar-refractivity contribution >= 4 is 5.69 Å². The normalized spacial score (nSPS) is 10.3. The Balaban J connectivity index is 1.70. The number of tetrazole rings is 1. The van der Waals surface area contributed by atoms with Crippen molar-refractivity contribution in [2.75, 3.05) is 11.9 Å². The molecule has 0 saturated heterocycles. The maximum absolute atomic E-state index is 12.6. The highest BCUT2D eigenvalue weighted by molar-refractivity contribution is 5.42. The summed E-state index contributed by atoms with van der Waals surface area (Å²) in [5, 5.41) is 14.4. The van der Waals surface area contributed by atoms with Crippen LogP contribution in [0, 0.1) is 5.82 Å². The van der Waals surface area contributed by atoms with Gasteiger partial charge in [0.25, 0.3) is 0 Å². The summed E-state index contributed by atoms with van der Waals surface area (Å²) in [5.74, 6) is -0.225. The fourth-order valence-electron chi connectivity index (χ4n) is 1.31. The summed E-state index contributed by atoms with van der Waals surface area (Å²) in [7, 11) is 0. The van der Waals surface area contributed by atoms with Crippen LogP contribution in [0.15, 0.2) is 30.6 Å². The molecule has 0 saturated carbocycles. The van der Waals surface area contributed by atoms with Crippen LogP contribution in [-0.4, -0.2) is 26.8 Å². The Hall–Kier alpha value is -1.98. The van der Waals surface area contributed by atoms with Crippen LogP contribution in [0.1, 0.15) is 6.42 Å². The van der Waals surface area contributed by atoms with Gasteiger partial charge in [-0.25, -0.2) is 4.39 Å². The van der Waals surface area contributed by atoms with E-state index in [4.69, 9.17) is 0 Å². The maximum atomic E-state index is 12.6. The van der Waals surface area contributed by atoms with Gasteiger partial charge in [-0.15, -0.1) is 10.2 Å². The number of nitrogens with one attached hydrogen (secondary N) is 1. The highest BCUT2D eigenvalue weighted by atomic mass is 19.1. The van der Waals surface area contributed by atoms with Crippen LogP contribution in [0.4, 0.5) is 10.1 Å². The van der Waals surface area contributed by atoms with E-state index >= 15 is 0 Å². The molecule has 0 unspecified atom stereocenters. The minimum atomic E-state index is -0.225. The maximum Gasteiger partial charge on any atom is 0.162 e. The number of aryl methyl sites for hydroxylation is 1. The van der Waals surface area contributed by atoms with Gasteiger partial charge in [0.1, 0.15) is 5.82 Å². The van der Waals surface area contributed by atoms with E-state index < -0.39 is 0 Å². The van der Waals surface area contributed by atoms with E-state index in [1.54, 1.807) is 12.1 Å². The molecule has 0 aliphatic rings. The first kappa shape index (κ1) is 10.5. The Morgan fingerprint density at radius 1 is 1.25 bits per heavy atom. The molecule has 6 heteroatoms. The van der Waals surface area contributed by atoms with Crippen LogP contribution >= 0.6 is 0 Å². The molecule has 0 radical (unpaired) electrons. The number of aromatic nitrogens is 4. The van der Waals surface area contributed by atoms with Gasteiger partial charge in [0, 0.05) is 12.2 Å². The molecule has 5 nitrogen and oxygen atoms in total. The molecule has 2 rings (SSSR count). The summed E-state index contributed by atoms with van der Waals surface area (Å²) in [5.41, 5.74) is 0.910. The Bertz CT molecular complexity index is 411. The summed E-state index contributed by atoms with van der Waals surface area (Å²) in [6.07, 6.45) is 2.29. The molecule has 0 atom stereocenters. The molecule has 0 amide bonds. The Morgan fingerprint density at radius 2 is 2.06 bits per heavy atom. The van der Waals surface area contributed by atoms with Crippen molar-refractivity contribution < 1.29 is 4.39 Å². The monoisotopic (exact) mass is 221 g/mol. The van der Waals surface area contributed by atoms with Crippen molar-refractivity contribution in [2.24, 2.45) is 0 Å². The second-order valence-electron chi connectivity index (χ2n) is 3.32. The minimum Gasteiger partial charge on any atom is -0.385 e. The number of benzene rings is 1. The second kappa shape index (κ2) is 5.20. The predicted octanol–water partition coefficient (Wildman–Crippen LogP) is 1.31. The molecule has 0 aliphatic carbocycles. The summed E-state index contributed by atoms with van der Waals surface area (Å²) in [6.45, 7) is 1.50. The molecule has 1 heterocycles. The standard InChI is InChI=1S/C10H12FN5/c11-9-2-4-10(5-3-9)12-6-1-7-16-14-8-13-15-16/h2-5,8,12H,1,6-7H2. The number of anilines is 1. The van der Waals surface area contributed by atoms with Crippen LogP contribution < -0.4 is 5.32 Å². The van der Waals surface area contributed by atoms with E-state index in [-0.39, 0.29) is 5.82 Å². The van der Waals surface area contributed by atoms with E-state index in [0.717, 1.165) is 18.7 Å². The topological polar surface area (TPSA) is 55.6 Å². The van der Waals surface area contributed by atoms with Gasteiger partial charge >= 0.3 is 0 Å². The lowest BCUT2D eigenvalue weighted by Crippen LogP contribution is -2.08. The molecular weight excluding hydrogens is 209 g/mol. The molecule has 1 N–H and O–H groups in total. The van der Waals surface area contributed by atoms with Crippen molar-refractivity contribution in [3.05, 3.63) is 36.4 Å². The lowest BCUT2D eigenvalue weighted by molar-refractivity contribution is 0.508. The number of halogens is 1. The zero-order chi connectivity index (χ0) is 11.2. The van der Waals surface area contributed by atoms with E-state index in [2.05, 4.69) is 20.7 Å². The molecule has 1 aromatic carbocycles. The van der Waals surface area contributed by atoms with Gasteiger partial charge in [-0.1, -0.05) is 0 Å². The average Bonchev–Trinajstić information content (AvgIpc) is 2.80. The number of nitrogens with zero attached hydrogens (tertiary/aromatic N) is 4. The smallest absolute Gasteiger partial charge is 0.162 e. The van der Waals surface area contributed by atoms with Gasteiger partial charge in [0.2, 0.25) is 0 Å². The van der Waals surface area contributed by atoms with Gasteiger partial charge in [-0.3, -0.25) is 0 Å². The van der Waals surface area contributed by atoms with Crippen molar-refractivity contribution in [1.82, 2.24) is 20.2 Å². The Morgan fingerprint density at radius 3 is 2.75 bits per heavy atom. The molecule has 16 heavy (non-hydrogen) atoms. The van der Waals surface area contributed by atoms with Crippen molar-refractivity contribution in [2.45, 2.75) is 13.0 Å². The predicted molar refractivity (Wildman–Crippen MR) is 57.3 cm³/mol. The third-order valence-electron chi connectivity index (χ3n) is 2.10. The fraction of sp³-hybridized carbons (Fsp3) is 0.300. The van der Waals surface area contributed by atoms with Crippen LogP contribution in [0.5, 0.6) is 0 Å². The van der Waals surface area contributed by atoms with E-state index in [1.807, 2.05) is 0 Å². The van der Waals surface area contributed by atoms with Gasteiger partial charge < -0.3 is 5.32 Å². The number of hydrogen-bond donors (Lipinski definition) is 1. The zero-order valence-electron chi connectivity index (χ0n) is 8.67. The first-order valence-corrected chi connectivity index (χ1v) is 5.05. The number of hydrogen-bond acceptors (Lipinski definition) is 4. The van der Waals surface area contributed by atoms with E-state index in [1.165, 1.54) is 23.3 Å². The largest absolute Gasteiger partial charge is 0.385 e. The molecule has 0 aliphatic heterocycles. The van der Waals surface area contributed by atoms with Gasteiger partial charge in [-0.2, -0.15) is 4.80 Å². The average molecular weight is 221 g/mol. The molecule has 1 aromatic heterocycles. The third kappa shape index (κ3) is 3.01. The highest BCUT2D eigenvalue weighted by Crippen LogP contribution is 2.07. The van der Waals surface area contributed by atoms with Gasteiger partial charge in [0.05, 0.1) is 6.54 Å². The van der Waals surface area contributed by atoms with Crippen molar-refractivity contribution in [1.29, 1.82) is 0 Å². The third-order valence-corrected chi connectivity index (χ3v) is 2.10.